The summed E-state index contributed by atoms with van der Waals surface area (Å²) in [5.41, 5.74) is 0. The van der Waals surface area contributed by atoms with Crippen molar-refractivity contribution in [1.29, 1.82) is 0 Å². The third kappa shape index (κ3) is 9.89. The highest BCUT2D eigenvalue weighted by molar-refractivity contribution is 6.74. The van der Waals surface area contributed by atoms with Crippen molar-refractivity contribution in [3.8, 4) is 0 Å². The minimum absolute atomic E-state index is 0.0214. The normalized spacial score (nSPS) is 12.6. The van der Waals surface area contributed by atoms with Gasteiger partial charge in [0.15, 0.2) is 0 Å². The molecule has 0 aliphatic rings. The third-order valence-electron chi connectivity index (χ3n) is 5.03. The average molecular weight is 392 g/mol. The number of carbonyl (C=O) groups is 1. The zero-order valence-electron chi connectivity index (χ0n) is 17.7. The molecular weight excluding hydrogens is 350 g/mol. The van der Waals surface area contributed by atoms with Crippen LogP contribution >= 0.6 is 0 Å². The fourth-order valence-electron chi connectivity index (χ4n) is 3.12. The summed E-state index contributed by atoms with van der Waals surface area (Å²) < 4.78 is 17.6. The molecule has 0 radical (unpaired) electrons. The average Bonchev–Trinajstić information content (AvgIpc) is 2.58. The summed E-state index contributed by atoms with van der Waals surface area (Å²) in [7, 11) is -1.77. The number of hydrogen-bond acceptors (Lipinski definition) is 5. The Bertz CT molecular complexity index is 351. The van der Waals surface area contributed by atoms with E-state index in [1.165, 1.54) is 0 Å². The second kappa shape index (κ2) is 13.0. The molecule has 0 heterocycles. The van der Waals surface area contributed by atoms with E-state index in [1.54, 1.807) is 0 Å². The maximum Gasteiger partial charge on any atom is 0.334 e. The molecular formula is C18H41NO4Si2. The second-order valence-electron chi connectivity index (χ2n) is 6.87. The predicted octanol–water partition coefficient (Wildman–Crippen LogP) is 4.39. The smallest absolute Gasteiger partial charge is 0.334 e. The molecule has 0 aromatic heterocycles. The van der Waals surface area contributed by atoms with E-state index in [4.69, 9.17) is 13.3 Å². The molecule has 25 heavy (non-hydrogen) atoms. The predicted molar refractivity (Wildman–Crippen MR) is 110 cm³/mol. The van der Waals surface area contributed by atoms with Gasteiger partial charge in [0.2, 0.25) is 0 Å². The van der Waals surface area contributed by atoms with Crippen LogP contribution in [0.3, 0.4) is 0 Å². The van der Waals surface area contributed by atoms with Gasteiger partial charge in [-0.1, -0.05) is 20.8 Å². The van der Waals surface area contributed by atoms with Crippen LogP contribution in [0.1, 0.15) is 47.5 Å². The van der Waals surface area contributed by atoms with Gasteiger partial charge >= 0.3 is 8.56 Å². The molecule has 0 fully saturated rings. The lowest BCUT2D eigenvalue weighted by Crippen LogP contribution is -2.40. The van der Waals surface area contributed by atoms with E-state index in [-0.39, 0.29) is 5.97 Å². The first-order chi connectivity index (χ1) is 11.8. The highest BCUT2D eigenvalue weighted by atomic mass is 28.4. The Balaban J connectivity index is 4.18. The first-order valence-electron chi connectivity index (χ1n) is 9.98. The van der Waals surface area contributed by atoms with E-state index in [1.807, 2.05) is 13.8 Å². The molecule has 0 spiro atoms. The molecule has 0 amide bonds. The van der Waals surface area contributed by atoms with Crippen molar-refractivity contribution < 1.29 is 18.1 Å². The van der Waals surface area contributed by atoms with E-state index in [2.05, 4.69) is 39.3 Å². The number of hydrogen-bond donors (Lipinski definition) is 0. The van der Waals surface area contributed by atoms with Crippen LogP contribution in [0.2, 0.25) is 30.7 Å². The SMILES string of the molecule is CCO[Si](C)(CCCN(C)CCC(=O)O[Si](CC)(CC)CC)OCC. The van der Waals surface area contributed by atoms with Crippen molar-refractivity contribution >= 4 is 22.8 Å². The molecule has 0 N–H and O–H groups in total. The largest absolute Gasteiger partial charge is 0.519 e. The Labute approximate surface area is 157 Å². The van der Waals surface area contributed by atoms with Crippen LogP contribution in [-0.2, 0) is 18.1 Å². The molecule has 0 rings (SSSR count). The van der Waals surface area contributed by atoms with Gasteiger partial charge in [-0.05, 0) is 64.6 Å². The third-order valence-corrected chi connectivity index (χ3v) is 12.6. The topological polar surface area (TPSA) is 48.0 Å². The summed E-state index contributed by atoms with van der Waals surface area (Å²) in [4.78, 5) is 14.4. The molecule has 0 unspecified atom stereocenters. The maximum absolute atomic E-state index is 12.2. The standard InChI is InChI=1S/C18H41NO4Si2/c1-8-21-24(7,22-9-2)17-13-15-19(6)16-14-18(20)23-25(10-3,11-4)12-5/h8-17H2,1-7H3. The molecule has 0 saturated heterocycles. The van der Waals surface area contributed by atoms with Gasteiger partial charge in [-0.25, -0.2) is 0 Å². The van der Waals surface area contributed by atoms with Crippen molar-refractivity contribution in [2.75, 3.05) is 33.4 Å². The Kier molecular flexibility index (Phi) is 12.9. The van der Waals surface area contributed by atoms with Gasteiger partial charge in [0.1, 0.15) is 0 Å². The van der Waals surface area contributed by atoms with Crippen LogP contribution in [0, 0.1) is 0 Å². The monoisotopic (exact) mass is 391 g/mol. The Morgan fingerprint density at radius 3 is 1.88 bits per heavy atom. The molecule has 0 saturated carbocycles. The molecule has 0 aromatic rings. The summed E-state index contributed by atoms with van der Waals surface area (Å²) in [5, 5.41) is 0. The summed E-state index contributed by atoms with van der Waals surface area (Å²) in [5.74, 6) is -0.0214. The summed E-state index contributed by atoms with van der Waals surface area (Å²) in [6.45, 7) is 15.8. The Hall–Kier alpha value is -0.216. The van der Waals surface area contributed by atoms with Crippen molar-refractivity contribution in [1.82, 2.24) is 4.90 Å². The first kappa shape index (κ1) is 24.8. The number of rotatable bonds is 15. The molecule has 5 nitrogen and oxygen atoms in total. The number of nitrogens with zero attached hydrogens (tertiary/aromatic N) is 1. The molecule has 0 aliphatic heterocycles. The molecule has 7 heteroatoms. The van der Waals surface area contributed by atoms with Gasteiger partial charge in [0.25, 0.3) is 14.3 Å². The van der Waals surface area contributed by atoms with Crippen molar-refractivity contribution in [2.45, 2.75) is 78.2 Å². The van der Waals surface area contributed by atoms with Crippen LogP contribution in [-0.4, -0.2) is 61.1 Å². The zero-order valence-corrected chi connectivity index (χ0v) is 19.7. The fraction of sp³-hybridized carbons (Fsp3) is 0.944. The Morgan fingerprint density at radius 2 is 1.44 bits per heavy atom. The lowest BCUT2D eigenvalue weighted by Gasteiger charge is -2.28. The molecule has 0 atom stereocenters. The van der Waals surface area contributed by atoms with Crippen molar-refractivity contribution in [3.63, 3.8) is 0 Å². The Morgan fingerprint density at radius 1 is 0.920 bits per heavy atom. The van der Waals surface area contributed by atoms with E-state index < -0.39 is 16.9 Å². The van der Waals surface area contributed by atoms with Crippen LogP contribution in [0.5, 0.6) is 0 Å². The van der Waals surface area contributed by atoms with Crippen LogP contribution in [0.15, 0.2) is 0 Å². The van der Waals surface area contributed by atoms with Crippen molar-refractivity contribution in [3.05, 3.63) is 0 Å². The lowest BCUT2D eigenvalue weighted by molar-refractivity contribution is -0.135. The molecule has 0 aliphatic carbocycles. The lowest BCUT2D eigenvalue weighted by atomic mass is 10.3. The van der Waals surface area contributed by atoms with Crippen LogP contribution in [0.25, 0.3) is 0 Å². The van der Waals surface area contributed by atoms with E-state index in [0.717, 1.165) is 43.7 Å². The minimum atomic E-state index is -2.02. The van der Waals surface area contributed by atoms with Gasteiger partial charge in [-0.2, -0.15) is 0 Å². The van der Waals surface area contributed by atoms with E-state index in [0.29, 0.717) is 19.6 Å². The van der Waals surface area contributed by atoms with Crippen molar-refractivity contribution in [2.24, 2.45) is 0 Å². The van der Waals surface area contributed by atoms with Crippen LogP contribution in [0.4, 0.5) is 0 Å². The maximum atomic E-state index is 12.2. The highest BCUT2D eigenvalue weighted by Crippen LogP contribution is 2.22. The van der Waals surface area contributed by atoms with Gasteiger partial charge in [-0.3, -0.25) is 4.79 Å². The first-order valence-corrected chi connectivity index (χ1v) is 15.0. The molecule has 0 bridgehead atoms. The number of carbonyl (C=O) groups excluding carboxylic acids is 1. The fourth-order valence-corrected chi connectivity index (χ4v) is 8.03. The highest BCUT2D eigenvalue weighted by Gasteiger charge is 2.33. The van der Waals surface area contributed by atoms with E-state index >= 15 is 0 Å². The molecule has 0 aromatic carbocycles. The summed E-state index contributed by atoms with van der Waals surface area (Å²) in [6, 6.07) is 4.03. The van der Waals surface area contributed by atoms with Crippen LogP contribution < -0.4 is 0 Å². The van der Waals surface area contributed by atoms with Gasteiger partial charge in [0.05, 0.1) is 6.42 Å². The quantitative estimate of drug-likeness (QED) is 0.387. The zero-order chi connectivity index (χ0) is 19.3. The van der Waals surface area contributed by atoms with Gasteiger partial charge in [0, 0.05) is 19.8 Å². The summed E-state index contributed by atoms with van der Waals surface area (Å²) >= 11 is 0. The van der Waals surface area contributed by atoms with Gasteiger partial charge < -0.3 is 18.2 Å². The van der Waals surface area contributed by atoms with Gasteiger partial charge in [-0.15, -0.1) is 0 Å². The minimum Gasteiger partial charge on any atom is -0.519 e. The summed E-state index contributed by atoms with van der Waals surface area (Å²) in [6.07, 6.45) is 1.52. The second-order valence-corrected chi connectivity index (χ2v) is 14.9. The molecule has 150 valence electrons. The van der Waals surface area contributed by atoms with E-state index in [9.17, 15) is 4.79 Å².